The van der Waals surface area contributed by atoms with Crippen LogP contribution in [0.3, 0.4) is 0 Å². The van der Waals surface area contributed by atoms with Crippen molar-refractivity contribution in [2.24, 2.45) is 0 Å². The SMILES string of the molecule is O=C(O)N1c2cc(Cl)cnc2OCC1COCc1ccccc1. The van der Waals surface area contributed by atoms with Crippen LogP contribution in [0.1, 0.15) is 5.56 Å². The monoisotopic (exact) mass is 334 g/mol. The molecule has 23 heavy (non-hydrogen) atoms. The molecule has 120 valence electrons. The summed E-state index contributed by atoms with van der Waals surface area (Å²) in [7, 11) is 0. The van der Waals surface area contributed by atoms with E-state index in [1.54, 1.807) is 0 Å². The van der Waals surface area contributed by atoms with E-state index >= 15 is 0 Å². The van der Waals surface area contributed by atoms with Gasteiger partial charge in [0.25, 0.3) is 0 Å². The standard InChI is InChI=1S/C16H15ClN2O4/c17-12-6-14-15(18-7-12)23-10-13(19(14)16(20)21)9-22-8-11-4-2-1-3-5-11/h1-7,13H,8-10H2,(H,20,21). The predicted octanol–water partition coefficient (Wildman–Crippen LogP) is 3.20. The highest BCUT2D eigenvalue weighted by atomic mass is 35.5. The largest absolute Gasteiger partial charge is 0.474 e. The molecule has 0 saturated carbocycles. The van der Waals surface area contributed by atoms with Crippen LogP contribution in [0.15, 0.2) is 42.6 Å². The summed E-state index contributed by atoms with van der Waals surface area (Å²) in [6, 6.07) is 10.8. The number of carbonyl (C=O) groups is 1. The van der Waals surface area contributed by atoms with Gasteiger partial charge in [-0.3, -0.25) is 4.90 Å². The van der Waals surface area contributed by atoms with Crippen molar-refractivity contribution in [2.75, 3.05) is 18.1 Å². The van der Waals surface area contributed by atoms with Crippen molar-refractivity contribution in [3.05, 3.63) is 53.2 Å². The van der Waals surface area contributed by atoms with Crippen LogP contribution in [0.5, 0.6) is 5.88 Å². The Morgan fingerprint density at radius 1 is 1.43 bits per heavy atom. The topological polar surface area (TPSA) is 71.9 Å². The summed E-state index contributed by atoms with van der Waals surface area (Å²) in [5.41, 5.74) is 1.36. The van der Waals surface area contributed by atoms with E-state index in [-0.39, 0.29) is 19.1 Å². The zero-order valence-corrected chi connectivity index (χ0v) is 12.9. The van der Waals surface area contributed by atoms with Crippen LogP contribution >= 0.6 is 11.6 Å². The Labute approximate surface area is 138 Å². The molecule has 0 fully saturated rings. The van der Waals surface area contributed by atoms with Crippen molar-refractivity contribution in [3.63, 3.8) is 0 Å². The molecule has 6 nitrogen and oxygen atoms in total. The van der Waals surface area contributed by atoms with Crippen LogP contribution < -0.4 is 9.64 Å². The fraction of sp³-hybridized carbons (Fsp3) is 0.250. The molecule has 1 aromatic carbocycles. The second kappa shape index (κ2) is 6.85. The first-order valence-electron chi connectivity index (χ1n) is 7.07. The minimum atomic E-state index is -1.09. The lowest BCUT2D eigenvalue weighted by Crippen LogP contribution is -2.49. The number of carboxylic acid groups (broad SMARTS) is 1. The zero-order chi connectivity index (χ0) is 16.2. The fourth-order valence-electron chi connectivity index (χ4n) is 2.42. The molecule has 7 heteroatoms. The molecule has 1 aliphatic rings. The minimum absolute atomic E-state index is 0.183. The highest BCUT2D eigenvalue weighted by Crippen LogP contribution is 2.34. The van der Waals surface area contributed by atoms with Gasteiger partial charge in [-0.2, -0.15) is 0 Å². The number of hydrogen-bond acceptors (Lipinski definition) is 4. The number of benzene rings is 1. The van der Waals surface area contributed by atoms with Gasteiger partial charge in [-0.25, -0.2) is 9.78 Å². The van der Waals surface area contributed by atoms with Crippen molar-refractivity contribution in [1.82, 2.24) is 4.98 Å². The molecule has 0 spiro atoms. The average Bonchev–Trinajstić information content (AvgIpc) is 2.55. The number of amides is 1. The van der Waals surface area contributed by atoms with Crippen molar-refractivity contribution in [2.45, 2.75) is 12.6 Å². The van der Waals surface area contributed by atoms with Gasteiger partial charge in [0, 0.05) is 6.20 Å². The molecule has 1 aliphatic heterocycles. The summed E-state index contributed by atoms with van der Waals surface area (Å²) >= 11 is 5.91. The molecule has 0 radical (unpaired) electrons. The van der Waals surface area contributed by atoms with Crippen LogP contribution in [0.4, 0.5) is 10.5 Å². The quantitative estimate of drug-likeness (QED) is 0.929. The Kier molecular flexibility index (Phi) is 4.64. The second-order valence-corrected chi connectivity index (χ2v) is 5.53. The number of pyridine rings is 1. The maximum atomic E-state index is 11.6. The van der Waals surface area contributed by atoms with E-state index in [1.807, 2.05) is 30.3 Å². The first-order chi connectivity index (χ1) is 11.1. The molecule has 1 atom stereocenters. The van der Waals surface area contributed by atoms with E-state index in [4.69, 9.17) is 21.1 Å². The van der Waals surface area contributed by atoms with E-state index in [1.165, 1.54) is 17.2 Å². The average molecular weight is 335 g/mol. The minimum Gasteiger partial charge on any atom is -0.474 e. The van der Waals surface area contributed by atoms with Gasteiger partial charge < -0.3 is 14.6 Å². The Hall–Kier alpha value is -2.31. The number of ether oxygens (including phenoxy) is 2. The summed E-state index contributed by atoms with van der Waals surface area (Å²) in [6.45, 7) is 0.807. The molecule has 1 N–H and O–H groups in total. The van der Waals surface area contributed by atoms with Gasteiger partial charge in [0.1, 0.15) is 12.3 Å². The molecule has 1 aromatic heterocycles. The summed E-state index contributed by atoms with van der Waals surface area (Å²) in [6.07, 6.45) is 0.332. The van der Waals surface area contributed by atoms with Gasteiger partial charge in [-0.05, 0) is 11.6 Å². The number of aromatic nitrogens is 1. The lowest BCUT2D eigenvalue weighted by Gasteiger charge is -2.34. The van der Waals surface area contributed by atoms with Crippen LogP contribution in [0.25, 0.3) is 0 Å². The van der Waals surface area contributed by atoms with Crippen LogP contribution in [0, 0.1) is 0 Å². The molecule has 3 rings (SSSR count). The number of rotatable bonds is 4. The summed E-state index contributed by atoms with van der Waals surface area (Å²) in [4.78, 5) is 16.8. The first kappa shape index (κ1) is 15.6. The van der Waals surface area contributed by atoms with Gasteiger partial charge in [-0.1, -0.05) is 41.9 Å². The first-order valence-corrected chi connectivity index (χ1v) is 7.45. The Morgan fingerprint density at radius 2 is 2.22 bits per heavy atom. The predicted molar refractivity (Wildman–Crippen MR) is 85.1 cm³/mol. The highest BCUT2D eigenvalue weighted by molar-refractivity contribution is 6.30. The fourth-order valence-corrected chi connectivity index (χ4v) is 2.57. The molecule has 0 bridgehead atoms. The molecule has 0 aliphatic carbocycles. The van der Waals surface area contributed by atoms with Crippen LogP contribution in [-0.4, -0.2) is 35.4 Å². The van der Waals surface area contributed by atoms with Crippen LogP contribution in [-0.2, 0) is 11.3 Å². The smallest absolute Gasteiger partial charge is 0.412 e. The molecular formula is C16H15ClN2O4. The number of fused-ring (bicyclic) bond motifs is 1. The summed E-state index contributed by atoms with van der Waals surface area (Å²) in [5.74, 6) is 0.260. The molecule has 2 aromatic rings. The Bertz CT molecular complexity index is 696. The maximum Gasteiger partial charge on any atom is 0.412 e. The highest BCUT2D eigenvalue weighted by Gasteiger charge is 2.33. The summed E-state index contributed by atoms with van der Waals surface area (Å²) < 4.78 is 11.2. The number of nitrogens with zero attached hydrogens (tertiary/aromatic N) is 2. The Morgan fingerprint density at radius 3 is 2.96 bits per heavy atom. The molecule has 2 heterocycles. The molecule has 1 unspecified atom stereocenters. The van der Waals surface area contributed by atoms with E-state index in [9.17, 15) is 9.90 Å². The normalized spacial score (nSPS) is 16.6. The van der Waals surface area contributed by atoms with Gasteiger partial charge in [0.15, 0.2) is 0 Å². The Balaban J connectivity index is 1.71. The van der Waals surface area contributed by atoms with Crippen molar-refractivity contribution in [1.29, 1.82) is 0 Å². The van der Waals surface area contributed by atoms with Crippen molar-refractivity contribution in [3.8, 4) is 5.88 Å². The zero-order valence-electron chi connectivity index (χ0n) is 12.2. The van der Waals surface area contributed by atoms with E-state index < -0.39 is 12.1 Å². The van der Waals surface area contributed by atoms with Gasteiger partial charge in [-0.15, -0.1) is 0 Å². The van der Waals surface area contributed by atoms with Crippen molar-refractivity contribution >= 4 is 23.4 Å². The summed E-state index contributed by atoms with van der Waals surface area (Å²) in [5, 5.41) is 9.86. The van der Waals surface area contributed by atoms with E-state index in [2.05, 4.69) is 4.98 Å². The maximum absolute atomic E-state index is 11.6. The van der Waals surface area contributed by atoms with E-state index in [0.717, 1.165) is 5.56 Å². The molecular weight excluding hydrogens is 320 g/mol. The molecule has 1 amide bonds. The second-order valence-electron chi connectivity index (χ2n) is 5.10. The van der Waals surface area contributed by atoms with E-state index in [0.29, 0.717) is 17.3 Å². The van der Waals surface area contributed by atoms with Crippen molar-refractivity contribution < 1.29 is 19.4 Å². The third-order valence-corrected chi connectivity index (χ3v) is 3.67. The van der Waals surface area contributed by atoms with Crippen LogP contribution in [0.2, 0.25) is 5.02 Å². The lowest BCUT2D eigenvalue weighted by molar-refractivity contribution is 0.0842. The van der Waals surface area contributed by atoms with Gasteiger partial charge >= 0.3 is 6.09 Å². The number of anilines is 1. The third-order valence-electron chi connectivity index (χ3n) is 3.46. The van der Waals surface area contributed by atoms with Gasteiger partial charge in [0.05, 0.1) is 24.3 Å². The molecule has 0 saturated heterocycles. The third kappa shape index (κ3) is 3.55. The van der Waals surface area contributed by atoms with Gasteiger partial charge in [0.2, 0.25) is 5.88 Å². The lowest BCUT2D eigenvalue weighted by atomic mass is 10.2. The number of hydrogen-bond donors (Lipinski definition) is 1. The number of halogens is 1.